The zero-order valence-electron chi connectivity index (χ0n) is 16.0. The summed E-state index contributed by atoms with van der Waals surface area (Å²) in [5.41, 5.74) is 2.70. The lowest BCUT2D eigenvalue weighted by atomic mass is 10.1. The molecule has 0 spiro atoms. The van der Waals surface area contributed by atoms with Crippen LogP contribution >= 0.6 is 0 Å². The minimum absolute atomic E-state index is 0.301. The standard InChI is InChI=1S/C23H17FN4O2/c1-30-19-4-2-3-18(13-19)27-23(29)20-14-26-22(16-5-7-17(24)8-6-16)28-21(20)15-9-11-25-12-10-15/h2-14H,1H3,(H,27,29). The van der Waals surface area contributed by atoms with E-state index in [1.54, 1.807) is 68.0 Å². The summed E-state index contributed by atoms with van der Waals surface area (Å²) in [7, 11) is 1.56. The van der Waals surface area contributed by atoms with Gasteiger partial charge < -0.3 is 10.1 Å². The Kier molecular flexibility index (Phi) is 5.43. The molecular weight excluding hydrogens is 383 g/mol. The van der Waals surface area contributed by atoms with Crippen LogP contribution < -0.4 is 10.1 Å². The number of halogens is 1. The van der Waals surface area contributed by atoms with Gasteiger partial charge in [-0.3, -0.25) is 9.78 Å². The highest BCUT2D eigenvalue weighted by Crippen LogP contribution is 2.26. The van der Waals surface area contributed by atoms with Crippen molar-refractivity contribution in [1.82, 2.24) is 15.0 Å². The summed E-state index contributed by atoms with van der Waals surface area (Å²) in [4.78, 5) is 25.9. The first kappa shape index (κ1) is 19.2. The molecule has 1 N–H and O–H groups in total. The van der Waals surface area contributed by atoms with Crippen LogP contribution in [0.2, 0.25) is 0 Å². The third kappa shape index (κ3) is 4.15. The van der Waals surface area contributed by atoms with Gasteiger partial charge in [0.05, 0.1) is 18.4 Å². The molecule has 7 heteroatoms. The molecule has 0 atom stereocenters. The Morgan fingerprint density at radius 1 is 1.00 bits per heavy atom. The van der Waals surface area contributed by atoms with Gasteiger partial charge >= 0.3 is 0 Å². The zero-order valence-corrected chi connectivity index (χ0v) is 16.0. The van der Waals surface area contributed by atoms with Crippen LogP contribution in [0.4, 0.5) is 10.1 Å². The van der Waals surface area contributed by atoms with Gasteiger partial charge in [0.15, 0.2) is 5.82 Å². The molecule has 4 rings (SSSR count). The number of anilines is 1. The van der Waals surface area contributed by atoms with Gasteiger partial charge in [-0.05, 0) is 48.5 Å². The van der Waals surface area contributed by atoms with E-state index in [4.69, 9.17) is 4.74 Å². The average Bonchev–Trinajstić information content (AvgIpc) is 2.80. The molecule has 0 aliphatic carbocycles. The Labute approximate surface area is 172 Å². The van der Waals surface area contributed by atoms with E-state index >= 15 is 0 Å². The molecule has 0 aliphatic heterocycles. The average molecular weight is 400 g/mol. The van der Waals surface area contributed by atoms with Gasteiger partial charge in [0.25, 0.3) is 5.91 Å². The van der Waals surface area contributed by atoms with Gasteiger partial charge in [-0.1, -0.05) is 6.07 Å². The topological polar surface area (TPSA) is 77.0 Å². The molecule has 0 bridgehead atoms. The minimum Gasteiger partial charge on any atom is -0.497 e. The fraction of sp³-hybridized carbons (Fsp3) is 0.0435. The Bertz CT molecular complexity index is 1180. The van der Waals surface area contributed by atoms with Gasteiger partial charge in [0, 0.05) is 41.5 Å². The van der Waals surface area contributed by atoms with Gasteiger partial charge in [0.1, 0.15) is 11.6 Å². The third-order valence-corrected chi connectivity index (χ3v) is 4.42. The highest BCUT2D eigenvalue weighted by atomic mass is 19.1. The number of methoxy groups -OCH3 is 1. The lowest BCUT2D eigenvalue weighted by Gasteiger charge is -2.12. The first-order valence-corrected chi connectivity index (χ1v) is 9.13. The van der Waals surface area contributed by atoms with Gasteiger partial charge in [-0.2, -0.15) is 0 Å². The maximum atomic E-state index is 13.3. The smallest absolute Gasteiger partial charge is 0.259 e. The van der Waals surface area contributed by atoms with Crippen molar-refractivity contribution in [3.63, 3.8) is 0 Å². The summed E-state index contributed by atoms with van der Waals surface area (Å²) < 4.78 is 18.5. The van der Waals surface area contributed by atoms with Crippen molar-refractivity contribution in [2.24, 2.45) is 0 Å². The first-order chi connectivity index (χ1) is 14.6. The second-order valence-corrected chi connectivity index (χ2v) is 6.38. The van der Waals surface area contributed by atoms with Crippen molar-refractivity contribution in [3.8, 4) is 28.4 Å². The van der Waals surface area contributed by atoms with Crippen LogP contribution in [-0.2, 0) is 0 Å². The fourth-order valence-electron chi connectivity index (χ4n) is 2.92. The molecule has 0 saturated carbocycles. The van der Waals surface area contributed by atoms with Crippen molar-refractivity contribution in [1.29, 1.82) is 0 Å². The molecule has 2 aromatic heterocycles. The number of nitrogens with zero attached hydrogens (tertiary/aromatic N) is 3. The number of ether oxygens (including phenoxy) is 1. The molecule has 4 aromatic rings. The van der Waals surface area contributed by atoms with Crippen LogP contribution in [0, 0.1) is 5.82 Å². The van der Waals surface area contributed by atoms with Crippen LogP contribution in [0.25, 0.3) is 22.6 Å². The molecule has 1 amide bonds. The Balaban J connectivity index is 1.74. The van der Waals surface area contributed by atoms with E-state index in [0.29, 0.717) is 39.6 Å². The molecule has 0 aliphatic rings. The van der Waals surface area contributed by atoms with Crippen molar-refractivity contribution < 1.29 is 13.9 Å². The molecule has 0 fully saturated rings. The van der Waals surface area contributed by atoms with Crippen LogP contribution in [0.15, 0.2) is 79.3 Å². The highest BCUT2D eigenvalue weighted by Gasteiger charge is 2.17. The van der Waals surface area contributed by atoms with Gasteiger partial charge in [-0.15, -0.1) is 0 Å². The van der Waals surface area contributed by atoms with E-state index in [-0.39, 0.29) is 11.7 Å². The Hall–Kier alpha value is -4.13. The number of rotatable bonds is 5. The molecule has 2 aromatic carbocycles. The van der Waals surface area contributed by atoms with E-state index in [0.717, 1.165) is 0 Å². The molecular formula is C23H17FN4O2. The molecule has 0 saturated heterocycles. The van der Waals surface area contributed by atoms with Crippen molar-refractivity contribution in [2.45, 2.75) is 0 Å². The molecule has 0 unspecified atom stereocenters. The molecule has 30 heavy (non-hydrogen) atoms. The number of carbonyl (C=O) groups is 1. The van der Waals surface area contributed by atoms with E-state index in [1.165, 1.54) is 18.3 Å². The number of benzene rings is 2. The maximum Gasteiger partial charge on any atom is 0.259 e. The summed E-state index contributed by atoms with van der Waals surface area (Å²) in [5, 5.41) is 2.85. The van der Waals surface area contributed by atoms with Crippen LogP contribution in [-0.4, -0.2) is 28.0 Å². The summed E-state index contributed by atoms with van der Waals surface area (Å²) in [5.74, 6) is 0.313. The summed E-state index contributed by atoms with van der Waals surface area (Å²) in [6.07, 6.45) is 4.72. The summed E-state index contributed by atoms with van der Waals surface area (Å²) in [6, 6.07) is 16.5. The highest BCUT2D eigenvalue weighted by molar-refractivity contribution is 6.08. The van der Waals surface area contributed by atoms with Crippen LogP contribution in [0.5, 0.6) is 5.75 Å². The maximum absolute atomic E-state index is 13.3. The number of hydrogen-bond acceptors (Lipinski definition) is 5. The number of hydrogen-bond donors (Lipinski definition) is 1. The van der Waals surface area contributed by atoms with Crippen molar-refractivity contribution >= 4 is 11.6 Å². The first-order valence-electron chi connectivity index (χ1n) is 9.13. The monoisotopic (exact) mass is 400 g/mol. The number of carbonyl (C=O) groups excluding carboxylic acids is 1. The second-order valence-electron chi connectivity index (χ2n) is 6.38. The largest absolute Gasteiger partial charge is 0.497 e. The molecule has 148 valence electrons. The molecule has 2 heterocycles. The molecule has 6 nitrogen and oxygen atoms in total. The predicted octanol–water partition coefficient (Wildman–Crippen LogP) is 4.61. The van der Waals surface area contributed by atoms with E-state index in [9.17, 15) is 9.18 Å². The quantitative estimate of drug-likeness (QED) is 0.530. The minimum atomic E-state index is -0.360. The van der Waals surface area contributed by atoms with E-state index in [1.807, 2.05) is 0 Å². The normalized spacial score (nSPS) is 10.5. The van der Waals surface area contributed by atoms with E-state index < -0.39 is 0 Å². The van der Waals surface area contributed by atoms with Crippen LogP contribution in [0.3, 0.4) is 0 Å². The fourth-order valence-corrected chi connectivity index (χ4v) is 2.92. The lowest BCUT2D eigenvalue weighted by molar-refractivity contribution is 0.102. The number of aromatic nitrogens is 3. The summed E-state index contributed by atoms with van der Waals surface area (Å²) in [6.45, 7) is 0. The lowest BCUT2D eigenvalue weighted by Crippen LogP contribution is -2.15. The Morgan fingerprint density at radius 3 is 2.50 bits per heavy atom. The van der Waals surface area contributed by atoms with Crippen LogP contribution in [0.1, 0.15) is 10.4 Å². The molecule has 0 radical (unpaired) electrons. The number of pyridine rings is 1. The van der Waals surface area contributed by atoms with Gasteiger partial charge in [-0.25, -0.2) is 14.4 Å². The number of amides is 1. The van der Waals surface area contributed by atoms with Gasteiger partial charge in [0.2, 0.25) is 0 Å². The second kappa shape index (κ2) is 8.48. The van der Waals surface area contributed by atoms with Crippen molar-refractivity contribution in [2.75, 3.05) is 12.4 Å². The third-order valence-electron chi connectivity index (χ3n) is 4.42. The Morgan fingerprint density at radius 2 is 1.77 bits per heavy atom. The SMILES string of the molecule is COc1cccc(NC(=O)c2cnc(-c3ccc(F)cc3)nc2-c2ccncc2)c1. The van der Waals surface area contributed by atoms with Crippen molar-refractivity contribution in [3.05, 3.63) is 90.6 Å². The zero-order chi connectivity index (χ0) is 20.9. The number of nitrogens with one attached hydrogen (secondary N) is 1. The van der Waals surface area contributed by atoms with E-state index in [2.05, 4.69) is 20.3 Å². The summed E-state index contributed by atoms with van der Waals surface area (Å²) >= 11 is 0. The predicted molar refractivity (Wildman–Crippen MR) is 112 cm³/mol.